The number of benzene rings is 1. The molecule has 0 aromatic heterocycles. The van der Waals surface area contributed by atoms with Gasteiger partial charge in [-0.3, -0.25) is 9.79 Å². The predicted octanol–water partition coefficient (Wildman–Crippen LogP) is 2.13. The summed E-state index contributed by atoms with van der Waals surface area (Å²) in [4.78, 5) is 17.9. The van der Waals surface area contributed by atoms with Gasteiger partial charge in [-0.15, -0.1) is 0 Å². The number of rotatable bonds is 3. The van der Waals surface area contributed by atoms with E-state index >= 15 is 0 Å². The molecular weight excluding hydrogens is 288 g/mol. The molecule has 1 saturated carbocycles. The second-order valence-electron chi connectivity index (χ2n) is 6.84. The van der Waals surface area contributed by atoms with Crippen LogP contribution >= 0.6 is 0 Å². The molecule has 124 valence electrons. The summed E-state index contributed by atoms with van der Waals surface area (Å²) in [6.45, 7) is 2.93. The average molecular weight is 314 g/mol. The van der Waals surface area contributed by atoms with Crippen molar-refractivity contribution < 1.29 is 4.79 Å². The van der Waals surface area contributed by atoms with E-state index in [1.807, 2.05) is 19.2 Å². The number of nitrogens with one attached hydrogen (secondary N) is 1. The summed E-state index contributed by atoms with van der Waals surface area (Å²) < 4.78 is 0. The van der Waals surface area contributed by atoms with Gasteiger partial charge < -0.3 is 16.0 Å². The van der Waals surface area contributed by atoms with Gasteiger partial charge in [0, 0.05) is 32.2 Å². The van der Waals surface area contributed by atoms with Crippen molar-refractivity contribution in [3.63, 3.8) is 0 Å². The zero-order valence-electron chi connectivity index (χ0n) is 13.8. The first-order valence-corrected chi connectivity index (χ1v) is 8.46. The van der Waals surface area contributed by atoms with Gasteiger partial charge in [-0.2, -0.15) is 0 Å². The Morgan fingerprint density at radius 3 is 2.57 bits per heavy atom. The quantitative estimate of drug-likeness (QED) is 0.663. The largest absolute Gasteiger partial charge is 0.366 e. The number of hydrogen-bond donors (Lipinski definition) is 2. The molecule has 3 N–H and O–H groups in total. The van der Waals surface area contributed by atoms with Crippen LogP contribution in [0.5, 0.6) is 0 Å². The molecule has 5 nitrogen and oxygen atoms in total. The maximum Gasteiger partial charge on any atom is 0.248 e. The highest BCUT2D eigenvalue weighted by atomic mass is 16.1. The molecule has 3 rings (SSSR count). The monoisotopic (exact) mass is 314 g/mol. The molecule has 0 unspecified atom stereocenters. The molecule has 1 saturated heterocycles. The number of carbonyl (C=O) groups excluding carboxylic acids is 1. The minimum Gasteiger partial charge on any atom is -0.366 e. The standard InChI is InChI=1S/C18H26N4O/c1-20-17(22-11-10-18(13-22)8-2-3-9-18)21-12-14-4-6-15(7-5-14)16(19)23/h4-7H,2-3,8-13H2,1H3,(H2,19,23)(H,20,21). The van der Waals surface area contributed by atoms with Crippen molar-refractivity contribution >= 4 is 11.9 Å². The molecule has 0 bridgehead atoms. The summed E-state index contributed by atoms with van der Waals surface area (Å²) >= 11 is 0. The molecule has 23 heavy (non-hydrogen) atoms. The molecule has 5 heteroatoms. The lowest BCUT2D eigenvalue weighted by atomic mass is 9.86. The number of likely N-dealkylation sites (tertiary alicyclic amines) is 1. The molecule has 1 aromatic rings. The van der Waals surface area contributed by atoms with Gasteiger partial charge in [0.1, 0.15) is 0 Å². The predicted molar refractivity (Wildman–Crippen MR) is 92.2 cm³/mol. The van der Waals surface area contributed by atoms with Gasteiger partial charge in [0.05, 0.1) is 0 Å². The summed E-state index contributed by atoms with van der Waals surface area (Å²) in [5, 5.41) is 3.44. The Morgan fingerprint density at radius 1 is 1.26 bits per heavy atom. The first kappa shape index (κ1) is 15.8. The summed E-state index contributed by atoms with van der Waals surface area (Å²) in [5.41, 5.74) is 7.47. The van der Waals surface area contributed by atoms with Crippen LogP contribution in [-0.4, -0.2) is 36.9 Å². The van der Waals surface area contributed by atoms with Crippen molar-refractivity contribution in [1.29, 1.82) is 0 Å². The molecule has 1 heterocycles. The molecule has 1 amide bonds. The van der Waals surface area contributed by atoms with Gasteiger partial charge in [0.2, 0.25) is 5.91 Å². The lowest BCUT2D eigenvalue weighted by molar-refractivity contribution is 0.100. The zero-order chi connectivity index (χ0) is 16.3. The normalized spacial score (nSPS) is 20.2. The highest BCUT2D eigenvalue weighted by Crippen LogP contribution is 2.45. The Kier molecular flexibility index (Phi) is 4.55. The smallest absolute Gasteiger partial charge is 0.248 e. The third-order valence-electron chi connectivity index (χ3n) is 5.30. The van der Waals surface area contributed by atoms with Crippen molar-refractivity contribution in [3.8, 4) is 0 Å². The second-order valence-corrected chi connectivity index (χ2v) is 6.84. The lowest BCUT2D eigenvalue weighted by Crippen LogP contribution is -2.40. The van der Waals surface area contributed by atoms with Crippen LogP contribution in [0.4, 0.5) is 0 Å². The van der Waals surface area contributed by atoms with E-state index in [9.17, 15) is 4.79 Å². The van der Waals surface area contributed by atoms with Crippen LogP contribution in [0.2, 0.25) is 0 Å². The van der Waals surface area contributed by atoms with E-state index in [0.717, 1.165) is 24.6 Å². The fraction of sp³-hybridized carbons (Fsp3) is 0.556. The molecule has 2 fully saturated rings. The van der Waals surface area contributed by atoms with Crippen LogP contribution in [-0.2, 0) is 6.54 Å². The number of amides is 1. The summed E-state index contributed by atoms with van der Waals surface area (Å²) in [5.74, 6) is 0.590. The summed E-state index contributed by atoms with van der Waals surface area (Å²) in [6.07, 6.45) is 6.79. The van der Waals surface area contributed by atoms with Crippen LogP contribution in [0.1, 0.15) is 48.0 Å². The minimum atomic E-state index is -0.390. The first-order chi connectivity index (χ1) is 11.1. The maximum absolute atomic E-state index is 11.1. The highest BCUT2D eigenvalue weighted by Gasteiger charge is 2.40. The second kappa shape index (κ2) is 6.60. The number of guanidine groups is 1. The number of carbonyl (C=O) groups is 1. The highest BCUT2D eigenvalue weighted by molar-refractivity contribution is 5.92. The van der Waals surface area contributed by atoms with Crippen molar-refractivity contribution in [3.05, 3.63) is 35.4 Å². The van der Waals surface area contributed by atoms with Gasteiger partial charge in [0.15, 0.2) is 5.96 Å². The SMILES string of the molecule is CN=C(NCc1ccc(C(N)=O)cc1)N1CCC2(CCCC2)C1. The van der Waals surface area contributed by atoms with Crippen LogP contribution in [0.15, 0.2) is 29.3 Å². The van der Waals surface area contributed by atoms with Crippen LogP contribution in [0.3, 0.4) is 0 Å². The van der Waals surface area contributed by atoms with Crippen molar-refractivity contribution in [1.82, 2.24) is 10.2 Å². The van der Waals surface area contributed by atoms with Gasteiger partial charge in [-0.25, -0.2) is 0 Å². The van der Waals surface area contributed by atoms with E-state index in [-0.39, 0.29) is 5.91 Å². The third-order valence-corrected chi connectivity index (χ3v) is 5.30. The van der Waals surface area contributed by atoms with Gasteiger partial charge >= 0.3 is 0 Å². The Hall–Kier alpha value is -2.04. The van der Waals surface area contributed by atoms with Crippen molar-refractivity contribution in [2.75, 3.05) is 20.1 Å². The minimum absolute atomic E-state index is 0.390. The number of nitrogens with zero attached hydrogens (tertiary/aromatic N) is 2. The Bertz CT molecular complexity index is 588. The average Bonchev–Trinajstić information content (AvgIpc) is 3.19. The molecule has 1 aromatic carbocycles. The molecule has 1 aliphatic carbocycles. The Balaban J connectivity index is 1.57. The number of hydrogen-bond acceptors (Lipinski definition) is 2. The van der Waals surface area contributed by atoms with Crippen LogP contribution in [0, 0.1) is 5.41 Å². The molecular formula is C18H26N4O. The fourth-order valence-electron chi connectivity index (χ4n) is 3.95. The van der Waals surface area contributed by atoms with Crippen molar-refractivity contribution in [2.24, 2.45) is 16.1 Å². The molecule has 0 atom stereocenters. The third kappa shape index (κ3) is 3.49. The van der Waals surface area contributed by atoms with Crippen LogP contribution in [0.25, 0.3) is 0 Å². The number of aliphatic imine (C=N–C) groups is 1. The first-order valence-electron chi connectivity index (χ1n) is 8.46. The van der Waals surface area contributed by atoms with E-state index in [4.69, 9.17) is 5.73 Å². The zero-order valence-corrected chi connectivity index (χ0v) is 13.8. The van der Waals surface area contributed by atoms with E-state index in [1.54, 1.807) is 12.1 Å². The van der Waals surface area contributed by atoms with E-state index < -0.39 is 0 Å². The lowest BCUT2D eigenvalue weighted by Gasteiger charge is -2.26. The van der Waals surface area contributed by atoms with Crippen LogP contribution < -0.4 is 11.1 Å². The topological polar surface area (TPSA) is 70.7 Å². The summed E-state index contributed by atoms with van der Waals surface area (Å²) in [7, 11) is 1.85. The fourth-order valence-corrected chi connectivity index (χ4v) is 3.95. The Labute approximate surface area is 138 Å². The molecule has 1 aliphatic heterocycles. The summed E-state index contributed by atoms with van der Waals surface area (Å²) in [6, 6.07) is 7.41. The van der Waals surface area contributed by atoms with E-state index in [0.29, 0.717) is 17.5 Å². The van der Waals surface area contributed by atoms with Crippen molar-refractivity contribution in [2.45, 2.75) is 38.6 Å². The van der Waals surface area contributed by atoms with E-state index in [1.165, 1.54) is 32.1 Å². The van der Waals surface area contributed by atoms with Gasteiger partial charge in [-0.1, -0.05) is 25.0 Å². The number of nitrogens with two attached hydrogens (primary N) is 1. The van der Waals surface area contributed by atoms with E-state index in [2.05, 4.69) is 15.2 Å². The molecule has 0 radical (unpaired) electrons. The molecule has 2 aliphatic rings. The number of primary amides is 1. The maximum atomic E-state index is 11.1. The van der Waals surface area contributed by atoms with Gasteiger partial charge in [0.25, 0.3) is 0 Å². The Morgan fingerprint density at radius 2 is 1.96 bits per heavy atom. The van der Waals surface area contributed by atoms with Gasteiger partial charge in [-0.05, 0) is 42.4 Å². The molecule has 1 spiro atoms.